The van der Waals surface area contributed by atoms with E-state index in [1.807, 2.05) is 12.1 Å². The molecule has 0 radical (unpaired) electrons. The molecule has 1 atom stereocenters. The summed E-state index contributed by atoms with van der Waals surface area (Å²) in [5, 5.41) is 4.92. The van der Waals surface area contributed by atoms with Gasteiger partial charge in [0.25, 0.3) is 0 Å². The van der Waals surface area contributed by atoms with Crippen LogP contribution >= 0.6 is 0 Å². The molecule has 2 rings (SSSR count). The lowest BCUT2D eigenvalue weighted by Crippen LogP contribution is -2.26. The number of para-hydroxylation sites is 1. The summed E-state index contributed by atoms with van der Waals surface area (Å²) < 4.78 is 12.2. The van der Waals surface area contributed by atoms with Gasteiger partial charge in [-0.1, -0.05) is 31.8 Å². The van der Waals surface area contributed by atoms with Crippen molar-refractivity contribution in [2.45, 2.75) is 45.3 Å². The molecule has 0 aliphatic heterocycles. The number of benzene rings is 1. The van der Waals surface area contributed by atoms with Gasteiger partial charge in [-0.15, -0.1) is 0 Å². The predicted molar refractivity (Wildman–Crippen MR) is 101 cm³/mol. The molecule has 0 N–H and O–H groups in total. The van der Waals surface area contributed by atoms with Crippen molar-refractivity contribution >= 4 is 24.9 Å². The molecular weight excluding hydrogens is 336 g/mol. The van der Waals surface area contributed by atoms with Crippen molar-refractivity contribution in [3.63, 3.8) is 0 Å². The van der Waals surface area contributed by atoms with Gasteiger partial charge in [0.05, 0.1) is 12.6 Å². The lowest BCUT2D eigenvalue weighted by atomic mass is 10.1. The molecule has 2 aromatic rings. The molecule has 1 heterocycles. The second-order valence-electron chi connectivity index (χ2n) is 7.32. The average Bonchev–Trinajstić information content (AvgIpc) is 2.58. The zero-order valence-electron chi connectivity index (χ0n) is 15.5. The first-order valence-electron chi connectivity index (χ1n) is 8.40. The number of aromatic nitrogens is 2. The lowest BCUT2D eigenvalue weighted by Gasteiger charge is -2.17. The summed E-state index contributed by atoms with van der Waals surface area (Å²) >= 11 is 0. The van der Waals surface area contributed by atoms with Crippen LogP contribution in [0.5, 0.6) is 0 Å². The number of fused-ring (bicyclic) bond motifs is 1. The van der Waals surface area contributed by atoms with Gasteiger partial charge in [-0.3, -0.25) is 9.59 Å². The number of esters is 1. The van der Waals surface area contributed by atoms with Gasteiger partial charge >= 0.3 is 5.97 Å². The fourth-order valence-corrected chi connectivity index (χ4v) is 3.21. The van der Waals surface area contributed by atoms with Crippen LogP contribution in [0.25, 0.3) is 10.9 Å². The second kappa shape index (κ2) is 7.92. The molecule has 0 fully saturated rings. The topological polar surface area (TPSA) is 70.4 Å². The Bertz CT molecular complexity index is 811. The molecule has 1 unspecified atom stereocenters. The number of ether oxygens (including phenoxy) is 2. The van der Waals surface area contributed by atoms with Crippen LogP contribution in [-0.2, 0) is 21.0 Å². The Morgan fingerprint density at radius 2 is 1.96 bits per heavy atom. The summed E-state index contributed by atoms with van der Waals surface area (Å²) in [4.78, 5) is 24.5. The SMILES string of the molecule is COC(=O)C(C)c1nn(COCC[Si](C)(C)C)c2ccccc2c1=O. The molecule has 0 aliphatic rings. The van der Waals surface area contributed by atoms with Crippen LogP contribution in [0.2, 0.25) is 25.7 Å². The van der Waals surface area contributed by atoms with E-state index < -0.39 is 20.0 Å². The lowest BCUT2D eigenvalue weighted by molar-refractivity contribution is -0.142. The number of methoxy groups -OCH3 is 1. The van der Waals surface area contributed by atoms with E-state index in [4.69, 9.17) is 9.47 Å². The molecule has 1 aromatic carbocycles. The van der Waals surface area contributed by atoms with Gasteiger partial charge in [0.1, 0.15) is 18.3 Å². The maximum absolute atomic E-state index is 12.7. The van der Waals surface area contributed by atoms with Crippen LogP contribution in [0, 0.1) is 0 Å². The molecular formula is C18H26N2O4Si. The summed E-state index contributed by atoms with van der Waals surface area (Å²) in [7, 11) is 0.131. The molecule has 0 saturated carbocycles. The third-order valence-corrected chi connectivity index (χ3v) is 5.77. The number of hydrogen-bond donors (Lipinski definition) is 0. The van der Waals surface area contributed by atoms with Crippen molar-refractivity contribution in [1.82, 2.24) is 9.78 Å². The predicted octanol–water partition coefficient (Wildman–Crippen LogP) is 2.99. The van der Waals surface area contributed by atoms with Gasteiger partial charge in [-0.2, -0.15) is 5.10 Å². The number of nitrogens with zero attached hydrogens (tertiary/aromatic N) is 2. The molecule has 1 aromatic heterocycles. The van der Waals surface area contributed by atoms with Gasteiger partial charge < -0.3 is 9.47 Å². The fraction of sp³-hybridized carbons (Fsp3) is 0.500. The normalized spacial score (nSPS) is 13.0. The van der Waals surface area contributed by atoms with Gasteiger partial charge in [-0.05, 0) is 25.1 Å². The zero-order chi connectivity index (χ0) is 18.6. The molecule has 7 heteroatoms. The third-order valence-electron chi connectivity index (χ3n) is 4.06. The van der Waals surface area contributed by atoms with Crippen molar-refractivity contribution in [3.05, 3.63) is 40.2 Å². The first-order chi connectivity index (χ1) is 11.7. The maximum Gasteiger partial charge on any atom is 0.314 e. The van der Waals surface area contributed by atoms with E-state index in [2.05, 4.69) is 24.7 Å². The highest BCUT2D eigenvalue weighted by Gasteiger charge is 2.23. The standard InChI is InChI=1S/C18H26N2O4Si/c1-13(18(22)23-2)16-17(21)14-8-6-7-9-15(14)20(19-16)12-24-10-11-25(3,4)5/h6-9,13H,10-12H2,1-5H3. The van der Waals surface area contributed by atoms with E-state index in [0.717, 1.165) is 6.04 Å². The highest BCUT2D eigenvalue weighted by molar-refractivity contribution is 6.76. The maximum atomic E-state index is 12.7. The van der Waals surface area contributed by atoms with Crippen molar-refractivity contribution in [2.24, 2.45) is 0 Å². The Morgan fingerprint density at radius 1 is 1.28 bits per heavy atom. The van der Waals surface area contributed by atoms with Crippen LogP contribution in [-0.4, -0.2) is 37.5 Å². The van der Waals surface area contributed by atoms with Crippen molar-refractivity contribution < 1.29 is 14.3 Å². The van der Waals surface area contributed by atoms with Crippen LogP contribution in [0.1, 0.15) is 18.5 Å². The van der Waals surface area contributed by atoms with E-state index in [1.54, 1.807) is 23.7 Å². The summed E-state index contributed by atoms with van der Waals surface area (Å²) in [6, 6.07) is 8.28. The molecule has 0 amide bonds. The molecule has 0 saturated heterocycles. The Labute approximate surface area is 148 Å². The summed E-state index contributed by atoms with van der Waals surface area (Å²) in [6.07, 6.45) is 0. The largest absolute Gasteiger partial charge is 0.469 e. The van der Waals surface area contributed by atoms with Gasteiger partial charge in [0.15, 0.2) is 0 Å². The van der Waals surface area contributed by atoms with Gasteiger partial charge in [-0.25, -0.2) is 4.68 Å². The molecule has 0 bridgehead atoms. The summed E-state index contributed by atoms with van der Waals surface area (Å²) in [5.74, 6) is -1.21. The molecule has 136 valence electrons. The highest BCUT2D eigenvalue weighted by atomic mass is 28.3. The van der Waals surface area contributed by atoms with Crippen molar-refractivity contribution in [1.29, 1.82) is 0 Å². The summed E-state index contributed by atoms with van der Waals surface area (Å²) in [5.41, 5.74) is 0.632. The van der Waals surface area contributed by atoms with E-state index in [-0.39, 0.29) is 17.9 Å². The Balaban J connectivity index is 2.36. The van der Waals surface area contributed by atoms with E-state index in [1.165, 1.54) is 7.11 Å². The first kappa shape index (κ1) is 19.3. The Morgan fingerprint density at radius 3 is 2.60 bits per heavy atom. The summed E-state index contributed by atoms with van der Waals surface area (Å²) in [6.45, 7) is 9.39. The quantitative estimate of drug-likeness (QED) is 0.430. The van der Waals surface area contributed by atoms with Crippen LogP contribution in [0.15, 0.2) is 29.1 Å². The zero-order valence-corrected chi connectivity index (χ0v) is 16.5. The minimum absolute atomic E-state index is 0.180. The van der Waals surface area contributed by atoms with Crippen molar-refractivity contribution in [2.75, 3.05) is 13.7 Å². The molecule has 0 spiro atoms. The number of carbonyl (C=O) groups excluding carboxylic acids is 1. The smallest absolute Gasteiger partial charge is 0.314 e. The third kappa shape index (κ3) is 4.76. The molecule has 6 nitrogen and oxygen atoms in total. The fourth-order valence-electron chi connectivity index (χ4n) is 2.46. The average molecular weight is 363 g/mol. The number of carbonyl (C=O) groups is 1. The van der Waals surface area contributed by atoms with E-state index in [0.29, 0.717) is 17.5 Å². The Hall–Kier alpha value is -1.99. The monoisotopic (exact) mass is 362 g/mol. The number of rotatable bonds is 7. The molecule has 0 aliphatic carbocycles. The van der Waals surface area contributed by atoms with Crippen LogP contribution < -0.4 is 5.43 Å². The van der Waals surface area contributed by atoms with E-state index in [9.17, 15) is 9.59 Å². The van der Waals surface area contributed by atoms with Crippen LogP contribution in [0.3, 0.4) is 0 Å². The highest BCUT2D eigenvalue weighted by Crippen LogP contribution is 2.16. The van der Waals surface area contributed by atoms with Crippen LogP contribution in [0.4, 0.5) is 0 Å². The molecule has 25 heavy (non-hydrogen) atoms. The van der Waals surface area contributed by atoms with Crippen molar-refractivity contribution in [3.8, 4) is 0 Å². The second-order valence-corrected chi connectivity index (χ2v) is 12.9. The minimum Gasteiger partial charge on any atom is -0.469 e. The minimum atomic E-state index is -1.17. The Kier molecular flexibility index (Phi) is 6.13. The van der Waals surface area contributed by atoms with E-state index >= 15 is 0 Å². The first-order valence-corrected chi connectivity index (χ1v) is 12.1. The van der Waals surface area contributed by atoms with Gasteiger partial charge in [0.2, 0.25) is 5.43 Å². The number of hydrogen-bond acceptors (Lipinski definition) is 5. The van der Waals surface area contributed by atoms with Gasteiger partial charge in [0, 0.05) is 20.1 Å².